The zero-order chi connectivity index (χ0) is 14.1. The second-order valence-corrected chi connectivity index (χ2v) is 5.07. The molecule has 2 aromatic carbocycles. The number of hydrogen-bond acceptors (Lipinski definition) is 1. The van der Waals surface area contributed by atoms with Crippen LogP contribution in [-0.4, -0.2) is 11.5 Å². The first kappa shape index (κ1) is 12.9. The highest BCUT2D eigenvalue weighted by molar-refractivity contribution is 5.90. The molecule has 20 heavy (non-hydrogen) atoms. The Labute approximate surface area is 117 Å². The summed E-state index contributed by atoms with van der Waals surface area (Å²) in [4.78, 5) is 3.39. The Morgan fingerprint density at radius 1 is 1.10 bits per heavy atom. The van der Waals surface area contributed by atoms with Crippen LogP contribution in [-0.2, 0) is 6.42 Å². The van der Waals surface area contributed by atoms with Gasteiger partial charge < -0.3 is 10.7 Å². The summed E-state index contributed by atoms with van der Waals surface area (Å²) in [7, 11) is 0. The van der Waals surface area contributed by atoms with E-state index < -0.39 is 0 Å². The monoisotopic (exact) mass is 268 g/mol. The summed E-state index contributed by atoms with van der Waals surface area (Å²) >= 11 is 0. The molecular formula is C17H17FN2. The summed E-state index contributed by atoms with van der Waals surface area (Å²) in [5.74, 6) is -0.217. The van der Waals surface area contributed by atoms with Gasteiger partial charge in [0.05, 0.1) is 0 Å². The van der Waals surface area contributed by atoms with Crippen molar-refractivity contribution < 1.29 is 4.39 Å². The molecule has 0 saturated carbocycles. The second kappa shape index (κ2) is 5.10. The van der Waals surface area contributed by atoms with Gasteiger partial charge in [0.25, 0.3) is 0 Å². The molecule has 102 valence electrons. The quantitative estimate of drug-likeness (QED) is 0.745. The fraction of sp³-hybridized carbons (Fsp3) is 0.176. The van der Waals surface area contributed by atoms with E-state index in [-0.39, 0.29) is 5.82 Å². The van der Waals surface area contributed by atoms with Crippen LogP contribution in [0, 0.1) is 12.7 Å². The number of aromatic nitrogens is 1. The zero-order valence-electron chi connectivity index (χ0n) is 11.4. The van der Waals surface area contributed by atoms with Crippen LogP contribution in [0.15, 0.2) is 42.5 Å². The van der Waals surface area contributed by atoms with Crippen molar-refractivity contribution in [3.05, 3.63) is 59.4 Å². The number of rotatable bonds is 3. The van der Waals surface area contributed by atoms with Crippen LogP contribution in [0.4, 0.5) is 4.39 Å². The van der Waals surface area contributed by atoms with Crippen LogP contribution < -0.4 is 5.73 Å². The molecular weight excluding hydrogens is 251 g/mol. The average Bonchev–Trinajstić information content (AvgIpc) is 2.79. The van der Waals surface area contributed by atoms with Gasteiger partial charge in [-0.1, -0.05) is 29.8 Å². The van der Waals surface area contributed by atoms with Crippen LogP contribution in [0.2, 0.25) is 0 Å². The largest absolute Gasteiger partial charge is 0.354 e. The van der Waals surface area contributed by atoms with E-state index in [1.807, 2.05) is 0 Å². The van der Waals surface area contributed by atoms with E-state index in [4.69, 9.17) is 5.73 Å². The number of fused-ring (bicyclic) bond motifs is 1. The van der Waals surface area contributed by atoms with Gasteiger partial charge in [-0.25, -0.2) is 4.39 Å². The number of nitrogens with one attached hydrogen (secondary N) is 1. The summed E-state index contributed by atoms with van der Waals surface area (Å²) in [5.41, 5.74) is 11.1. The molecule has 3 heteroatoms. The lowest BCUT2D eigenvalue weighted by Crippen LogP contribution is -2.03. The van der Waals surface area contributed by atoms with Crippen molar-refractivity contribution in [2.24, 2.45) is 5.73 Å². The predicted molar refractivity (Wildman–Crippen MR) is 81.2 cm³/mol. The Bertz CT molecular complexity index is 742. The van der Waals surface area contributed by atoms with Gasteiger partial charge in [-0.2, -0.15) is 0 Å². The average molecular weight is 268 g/mol. The minimum Gasteiger partial charge on any atom is -0.354 e. The SMILES string of the molecule is Cc1ccc(-c2[nH]c3ccc(F)cc3c2CCN)cc1. The maximum Gasteiger partial charge on any atom is 0.123 e. The van der Waals surface area contributed by atoms with Crippen molar-refractivity contribution in [3.63, 3.8) is 0 Å². The molecule has 0 unspecified atom stereocenters. The Kier molecular flexibility index (Phi) is 3.28. The number of nitrogens with two attached hydrogens (primary N) is 1. The molecule has 1 aromatic heterocycles. The van der Waals surface area contributed by atoms with E-state index in [0.717, 1.165) is 34.1 Å². The zero-order valence-corrected chi connectivity index (χ0v) is 11.4. The molecule has 0 amide bonds. The highest BCUT2D eigenvalue weighted by atomic mass is 19.1. The first-order chi connectivity index (χ1) is 9.69. The summed E-state index contributed by atoms with van der Waals surface area (Å²) in [6, 6.07) is 13.1. The Morgan fingerprint density at radius 3 is 2.55 bits per heavy atom. The van der Waals surface area contributed by atoms with E-state index in [1.54, 1.807) is 12.1 Å². The van der Waals surface area contributed by atoms with Crippen molar-refractivity contribution in [3.8, 4) is 11.3 Å². The molecule has 3 rings (SSSR count). The second-order valence-electron chi connectivity index (χ2n) is 5.07. The Morgan fingerprint density at radius 2 is 1.85 bits per heavy atom. The van der Waals surface area contributed by atoms with Gasteiger partial charge in [0.2, 0.25) is 0 Å². The molecule has 0 fully saturated rings. The molecule has 0 aliphatic rings. The van der Waals surface area contributed by atoms with Crippen molar-refractivity contribution in [2.75, 3.05) is 6.54 Å². The third kappa shape index (κ3) is 2.21. The standard InChI is InChI=1S/C17H17FN2/c1-11-2-4-12(5-3-11)17-14(8-9-19)15-10-13(18)6-7-16(15)20-17/h2-7,10,20H,8-9,19H2,1H3. The molecule has 2 nitrogen and oxygen atoms in total. The van der Waals surface area contributed by atoms with Gasteiger partial charge in [-0.15, -0.1) is 0 Å². The molecule has 0 bridgehead atoms. The molecule has 3 aromatic rings. The van der Waals surface area contributed by atoms with E-state index in [9.17, 15) is 4.39 Å². The fourth-order valence-electron chi connectivity index (χ4n) is 2.59. The predicted octanol–water partition coefficient (Wildman–Crippen LogP) is 3.78. The summed E-state index contributed by atoms with van der Waals surface area (Å²) < 4.78 is 13.5. The van der Waals surface area contributed by atoms with Crippen LogP contribution in [0.1, 0.15) is 11.1 Å². The molecule has 0 saturated heterocycles. The van der Waals surface area contributed by atoms with E-state index in [0.29, 0.717) is 6.54 Å². The molecule has 0 atom stereocenters. The number of halogens is 1. The first-order valence-corrected chi connectivity index (χ1v) is 6.76. The van der Waals surface area contributed by atoms with Crippen molar-refractivity contribution >= 4 is 10.9 Å². The van der Waals surface area contributed by atoms with Crippen LogP contribution >= 0.6 is 0 Å². The number of hydrogen-bond donors (Lipinski definition) is 2. The first-order valence-electron chi connectivity index (χ1n) is 6.76. The van der Waals surface area contributed by atoms with E-state index in [2.05, 4.69) is 36.2 Å². The number of H-pyrrole nitrogens is 1. The van der Waals surface area contributed by atoms with Crippen LogP contribution in [0.25, 0.3) is 22.2 Å². The smallest absolute Gasteiger partial charge is 0.123 e. The van der Waals surface area contributed by atoms with Crippen molar-refractivity contribution in [2.45, 2.75) is 13.3 Å². The third-order valence-electron chi connectivity index (χ3n) is 3.60. The fourth-order valence-corrected chi connectivity index (χ4v) is 2.59. The van der Waals surface area contributed by atoms with Gasteiger partial charge in [-0.05, 0) is 49.2 Å². The van der Waals surface area contributed by atoms with Crippen LogP contribution in [0.3, 0.4) is 0 Å². The van der Waals surface area contributed by atoms with E-state index >= 15 is 0 Å². The van der Waals surface area contributed by atoms with Gasteiger partial charge in [0, 0.05) is 16.6 Å². The lowest BCUT2D eigenvalue weighted by atomic mass is 10.0. The molecule has 0 aliphatic carbocycles. The number of benzene rings is 2. The third-order valence-corrected chi connectivity index (χ3v) is 3.60. The van der Waals surface area contributed by atoms with E-state index in [1.165, 1.54) is 11.6 Å². The van der Waals surface area contributed by atoms with Gasteiger partial charge >= 0.3 is 0 Å². The lowest BCUT2D eigenvalue weighted by molar-refractivity contribution is 0.629. The molecule has 0 spiro atoms. The Balaban J connectivity index is 2.23. The van der Waals surface area contributed by atoms with Gasteiger partial charge in [0.15, 0.2) is 0 Å². The topological polar surface area (TPSA) is 41.8 Å². The summed E-state index contributed by atoms with van der Waals surface area (Å²) in [6.07, 6.45) is 0.729. The highest BCUT2D eigenvalue weighted by Gasteiger charge is 2.13. The minimum atomic E-state index is -0.217. The molecule has 3 N–H and O–H groups in total. The van der Waals surface area contributed by atoms with Crippen molar-refractivity contribution in [1.29, 1.82) is 0 Å². The molecule has 0 radical (unpaired) electrons. The van der Waals surface area contributed by atoms with Crippen LogP contribution in [0.5, 0.6) is 0 Å². The normalized spacial score (nSPS) is 11.2. The maximum atomic E-state index is 13.5. The van der Waals surface area contributed by atoms with Gasteiger partial charge in [0.1, 0.15) is 5.82 Å². The van der Waals surface area contributed by atoms with Gasteiger partial charge in [-0.3, -0.25) is 0 Å². The molecule has 1 heterocycles. The lowest BCUT2D eigenvalue weighted by Gasteiger charge is -2.04. The highest BCUT2D eigenvalue weighted by Crippen LogP contribution is 2.31. The minimum absolute atomic E-state index is 0.217. The molecule has 0 aliphatic heterocycles. The summed E-state index contributed by atoms with van der Waals surface area (Å²) in [6.45, 7) is 2.60. The van der Waals surface area contributed by atoms with Crippen molar-refractivity contribution in [1.82, 2.24) is 4.98 Å². The Hall–Kier alpha value is -2.13. The number of aromatic amines is 1. The summed E-state index contributed by atoms with van der Waals surface area (Å²) in [5, 5.41) is 0.922. The number of aryl methyl sites for hydroxylation is 1. The maximum absolute atomic E-state index is 13.5.